The van der Waals surface area contributed by atoms with Crippen molar-refractivity contribution in [2.24, 2.45) is 5.92 Å². The van der Waals surface area contributed by atoms with Crippen molar-refractivity contribution in [2.45, 2.75) is 32.7 Å². The average Bonchev–Trinajstić information content (AvgIpc) is 2.78. The zero-order valence-electron chi connectivity index (χ0n) is 10.2. The fourth-order valence-corrected chi connectivity index (χ4v) is 3.12. The van der Waals surface area contributed by atoms with Crippen molar-refractivity contribution in [3.05, 3.63) is 11.1 Å². The monoisotopic (exact) mass is 239 g/mol. The molecule has 0 aromatic carbocycles. The van der Waals surface area contributed by atoms with Crippen molar-refractivity contribution in [2.75, 3.05) is 25.0 Å². The van der Waals surface area contributed by atoms with Crippen LogP contribution in [0.15, 0.2) is 5.38 Å². The molecule has 90 valence electrons. The number of thiazole rings is 1. The van der Waals surface area contributed by atoms with Crippen molar-refractivity contribution in [3.8, 4) is 0 Å². The lowest BCUT2D eigenvalue weighted by molar-refractivity contribution is 0.395. The van der Waals surface area contributed by atoms with E-state index in [2.05, 4.69) is 27.5 Å². The summed E-state index contributed by atoms with van der Waals surface area (Å²) >= 11 is 1.78. The van der Waals surface area contributed by atoms with E-state index in [1.807, 2.05) is 7.05 Å². The number of aromatic nitrogens is 1. The van der Waals surface area contributed by atoms with Crippen molar-refractivity contribution in [1.29, 1.82) is 0 Å². The van der Waals surface area contributed by atoms with Gasteiger partial charge in [0.15, 0.2) is 5.13 Å². The summed E-state index contributed by atoms with van der Waals surface area (Å²) in [4.78, 5) is 7.10. The summed E-state index contributed by atoms with van der Waals surface area (Å²) in [5.41, 5.74) is 1.17. The Bertz CT molecular complexity index is 316. The molecule has 2 rings (SSSR count). The van der Waals surface area contributed by atoms with Crippen LogP contribution in [0.2, 0.25) is 0 Å². The Balaban J connectivity index is 1.92. The van der Waals surface area contributed by atoms with Crippen molar-refractivity contribution >= 4 is 16.5 Å². The SMILES string of the molecule is CCC1CCN(c2nc(CNC)cs2)CC1. The van der Waals surface area contributed by atoms with Gasteiger partial charge in [0.05, 0.1) is 5.69 Å². The Hall–Kier alpha value is -0.610. The summed E-state index contributed by atoms with van der Waals surface area (Å²) in [6.07, 6.45) is 3.99. The molecular formula is C12H21N3S. The topological polar surface area (TPSA) is 28.2 Å². The molecule has 1 aromatic heterocycles. The summed E-state index contributed by atoms with van der Waals surface area (Å²) in [6.45, 7) is 5.55. The summed E-state index contributed by atoms with van der Waals surface area (Å²) in [6, 6.07) is 0. The van der Waals surface area contributed by atoms with Crippen LogP contribution < -0.4 is 10.2 Å². The lowest BCUT2D eigenvalue weighted by atomic mass is 9.95. The third kappa shape index (κ3) is 2.74. The van der Waals surface area contributed by atoms with E-state index in [0.717, 1.165) is 12.5 Å². The summed E-state index contributed by atoms with van der Waals surface area (Å²) in [7, 11) is 1.96. The standard InChI is InChI=1S/C12H21N3S/c1-3-10-4-6-15(7-5-10)12-14-11(8-13-2)9-16-12/h9-10,13H,3-8H2,1-2H3. The van der Waals surface area contributed by atoms with Crippen molar-refractivity contribution in [3.63, 3.8) is 0 Å². The highest BCUT2D eigenvalue weighted by molar-refractivity contribution is 7.13. The van der Waals surface area contributed by atoms with Crippen LogP contribution in [0.5, 0.6) is 0 Å². The highest BCUT2D eigenvalue weighted by Gasteiger charge is 2.19. The van der Waals surface area contributed by atoms with Crippen LogP contribution in [0.25, 0.3) is 0 Å². The van der Waals surface area contributed by atoms with E-state index in [9.17, 15) is 0 Å². The molecule has 0 amide bonds. The van der Waals surface area contributed by atoms with E-state index in [1.54, 1.807) is 11.3 Å². The summed E-state index contributed by atoms with van der Waals surface area (Å²) < 4.78 is 0. The molecule has 16 heavy (non-hydrogen) atoms. The molecule has 0 spiro atoms. The van der Waals surface area contributed by atoms with E-state index >= 15 is 0 Å². The average molecular weight is 239 g/mol. The number of hydrogen-bond donors (Lipinski definition) is 1. The largest absolute Gasteiger partial charge is 0.348 e. The number of piperidine rings is 1. The van der Waals surface area contributed by atoms with Crippen LogP contribution in [0.4, 0.5) is 5.13 Å². The van der Waals surface area contributed by atoms with E-state index in [4.69, 9.17) is 0 Å². The van der Waals surface area contributed by atoms with Crippen molar-refractivity contribution in [1.82, 2.24) is 10.3 Å². The van der Waals surface area contributed by atoms with Crippen molar-refractivity contribution < 1.29 is 0 Å². The molecule has 1 saturated heterocycles. The lowest BCUT2D eigenvalue weighted by Gasteiger charge is -2.31. The molecule has 0 radical (unpaired) electrons. The molecule has 3 nitrogen and oxygen atoms in total. The van der Waals surface area contributed by atoms with Crippen LogP contribution in [-0.4, -0.2) is 25.1 Å². The summed E-state index contributed by atoms with van der Waals surface area (Å²) in [5, 5.41) is 6.51. The number of nitrogens with one attached hydrogen (secondary N) is 1. The first kappa shape index (κ1) is 11.9. The van der Waals surface area contributed by atoms with Gasteiger partial charge in [-0.15, -0.1) is 11.3 Å². The Morgan fingerprint density at radius 1 is 1.50 bits per heavy atom. The molecule has 1 N–H and O–H groups in total. The van der Waals surface area contributed by atoms with Gasteiger partial charge in [-0.2, -0.15) is 0 Å². The van der Waals surface area contributed by atoms with E-state index < -0.39 is 0 Å². The van der Waals surface area contributed by atoms with Crippen LogP contribution in [0.1, 0.15) is 31.9 Å². The molecule has 1 aliphatic heterocycles. The number of anilines is 1. The second-order valence-electron chi connectivity index (χ2n) is 4.49. The summed E-state index contributed by atoms with van der Waals surface area (Å²) in [5.74, 6) is 0.938. The lowest BCUT2D eigenvalue weighted by Crippen LogP contribution is -2.33. The van der Waals surface area contributed by atoms with Gasteiger partial charge in [-0.25, -0.2) is 4.98 Å². The zero-order valence-corrected chi connectivity index (χ0v) is 11.0. The Morgan fingerprint density at radius 3 is 2.88 bits per heavy atom. The van der Waals surface area contributed by atoms with Gasteiger partial charge in [0.2, 0.25) is 0 Å². The van der Waals surface area contributed by atoms with Gasteiger partial charge in [-0.05, 0) is 25.8 Å². The van der Waals surface area contributed by atoms with Gasteiger partial charge in [0, 0.05) is 25.0 Å². The maximum atomic E-state index is 4.66. The van der Waals surface area contributed by atoms with Crippen LogP contribution in [-0.2, 0) is 6.54 Å². The predicted octanol–water partition coefficient (Wildman–Crippen LogP) is 2.49. The Morgan fingerprint density at radius 2 is 2.25 bits per heavy atom. The van der Waals surface area contributed by atoms with Gasteiger partial charge < -0.3 is 10.2 Å². The molecule has 0 aliphatic carbocycles. The molecule has 0 atom stereocenters. The Labute approximate surface area is 102 Å². The zero-order chi connectivity index (χ0) is 11.4. The molecule has 1 aromatic rings. The molecule has 4 heteroatoms. The second-order valence-corrected chi connectivity index (χ2v) is 5.33. The third-order valence-electron chi connectivity index (χ3n) is 3.36. The minimum absolute atomic E-state index is 0.877. The quantitative estimate of drug-likeness (QED) is 0.875. The smallest absolute Gasteiger partial charge is 0.185 e. The molecule has 2 heterocycles. The minimum atomic E-state index is 0.877. The molecule has 0 unspecified atom stereocenters. The molecule has 1 fully saturated rings. The minimum Gasteiger partial charge on any atom is -0.348 e. The van der Waals surface area contributed by atoms with Gasteiger partial charge in [0.1, 0.15) is 0 Å². The van der Waals surface area contributed by atoms with E-state index in [0.29, 0.717) is 0 Å². The van der Waals surface area contributed by atoms with Crippen LogP contribution in [0.3, 0.4) is 0 Å². The van der Waals surface area contributed by atoms with Gasteiger partial charge in [-0.3, -0.25) is 0 Å². The third-order valence-corrected chi connectivity index (χ3v) is 4.31. The molecular weight excluding hydrogens is 218 g/mol. The number of nitrogens with zero attached hydrogens (tertiary/aromatic N) is 2. The van der Waals surface area contributed by atoms with E-state index in [1.165, 1.54) is 43.2 Å². The Kier molecular flexibility index (Phi) is 4.18. The van der Waals surface area contributed by atoms with Gasteiger partial charge in [-0.1, -0.05) is 13.3 Å². The first-order valence-electron chi connectivity index (χ1n) is 6.17. The molecule has 1 aliphatic rings. The number of rotatable bonds is 4. The van der Waals surface area contributed by atoms with Crippen LogP contribution >= 0.6 is 11.3 Å². The maximum absolute atomic E-state index is 4.66. The molecule has 0 bridgehead atoms. The highest BCUT2D eigenvalue weighted by Crippen LogP contribution is 2.27. The highest BCUT2D eigenvalue weighted by atomic mass is 32.1. The van der Waals surface area contributed by atoms with Crippen LogP contribution in [0, 0.1) is 5.92 Å². The van der Waals surface area contributed by atoms with Gasteiger partial charge in [0.25, 0.3) is 0 Å². The van der Waals surface area contributed by atoms with E-state index in [-0.39, 0.29) is 0 Å². The number of hydrogen-bond acceptors (Lipinski definition) is 4. The molecule has 0 saturated carbocycles. The first-order chi connectivity index (χ1) is 7.83. The van der Waals surface area contributed by atoms with Gasteiger partial charge >= 0.3 is 0 Å². The fourth-order valence-electron chi connectivity index (χ4n) is 2.24. The first-order valence-corrected chi connectivity index (χ1v) is 7.05. The predicted molar refractivity (Wildman–Crippen MR) is 70.1 cm³/mol. The fraction of sp³-hybridized carbons (Fsp3) is 0.750. The maximum Gasteiger partial charge on any atom is 0.185 e. The normalized spacial score (nSPS) is 18.0. The second kappa shape index (κ2) is 5.64.